The molecule has 5 heteroatoms. The molecule has 0 heterocycles. The molecule has 2 rings (SSSR count). The number of ether oxygens (including phenoxy) is 2. The second-order valence-electron chi connectivity index (χ2n) is 5.05. The lowest BCUT2D eigenvalue weighted by atomic mass is 10.1. The molecule has 1 amide bonds. The molecule has 0 unspecified atom stereocenters. The summed E-state index contributed by atoms with van der Waals surface area (Å²) in [5.41, 5.74) is 2.02. The number of nitrogens with zero attached hydrogens (tertiary/aromatic N) is 1. The van der Waals surface area contributed by atoms with Crippen LogP contribution in [0.25, 0.3) is 0 Å². The van der Waals surface area contributed by atoms with Gasteiger partial charge in [0.05, 0.1) is 12.7 Å². The number of esters is 1. The molecule has 0 aliphatic rings. The minimum atomic E-state index is -0.442. The third-order valence-corrected chi connectivity index (χ3v) is 3.48. The Kier molecular flexibility index (Phi) is 5.36. The van der Waals surface area contributed by atoms with Crippen molar-refractivity contribution in [1.82, 2.24) is 0 Å². The highest BCUT2D eigenvalue weighted by Crippen LogP contribution is 2.20. The summed E-state index contributed by atoms with van der Waals surface area (Å²) in [6.07, 6.45) is 0. The lowest BCUT2D eigenvalue weighted by molar-refractivity contribution is -0.120. The first-order valence-electron chi connectivity index (χ1n) is 7.16. The third kappa shape index (κ3) is 4.10. The van der Waals surface area contributed by atoms with Gasteiger partial charge in [0.1, 0.15) is 5.75 Å². The van der Waals surface area contributed by atoms with Crippen LogP contribution in [0, 0.1) is 6.92 Å². The van der Waals surface area contributed by atoms with Crippen molar-refractivity contribution < 1.29 is 19.1 Å². The first-order chi connectivity index (χ1) is 11.0. The number of methoxy groups -OCH3 is 1. The lowest BCUT2D eigenvalue weighted by Gasteiger charge is -2.18. The SMILES string of the molecule is COC(=O)c1ccc(C)c(OCC(=O)N(C)c2ccccc2)c1. The summed E-state index contributed by atoms with van der Waals surface area (Å²) in [4.78, 5) is 25.3. The number of amides is 1. The molecule has 0 aliphatic carbocycles. The van der Waals surface area contributed by atoms with Crippen molar-refractivity contribution in [3.63, 3.8) is 0 Å². The largest absolute Gasteiger partial charge is 0.483 e. The van der Waals surface area contributed by atoms with E-state index in [1.54, 1.807) is 25.2 Å². The highest BCUT2D eigenvalue weighted by molar-refractivity contribution is 5.94. The molecule has 0 aliphatic heterocycles. The van der Waals surface area contributed by atoms with Crippen LogP contribution < -0.4 is 9.64 Å². The zero-order valence-electron chi connectivity index (χ0n) is 13.4. The number of para-hydroxylation sites is 1. The van der Waals surface area contributed by atoms with E-state index < -0.39 is 5.97 Å². The number of likely N-dealkylation sites (N-methyl/N-ethyl adjacent to an activating group) is 1. The summed E-state index contributed by atoms with van der Waals surface area (Å²) < 4.78 is 10.3. The van der Waals surface area contributed by atoms with Crippen molar-refractivity contribution >= 4 is 17.6 Å². The van der Waals surface area contributed by atoms with Gasteiger partial charge in [0.15, 0.2) is 6.61 Å². The second-order valence-corrected chi connectivity index (χ2v) is 5.05. The Balaban J connectivity index is 2.05. The number of aryl methyl sites for hydroxylation is 1. The second kappa shape index (κ2) is 7.45. The van der Waals surface area contributed by atoms with Gasteiger partial charge in [-0.05, 0) is 36.8 Å². The third-order valence-electron chi connectivity index (χ3n) is 3.48. The van der Waals surface area contributed by atoms with E-state index in [9.17, 15) is 9.59 Å². The molecular formula is C18H19NO4. The summed E-state index contributed by atoms with van der Waals surface area (Å²) in [6, 6.07) is 14.3. The molecule has 0 fully saturated rings. The monoisotopic (exact) mass is 313 g/mol. The smallest absolute Gasteiger partial charge is 0.337 e. The Bertz CT molecular complexity index is 697. The van der Waals surface area contributed by atoms with E-state index >= 15 is 0 Å². The predicted molar refractivity (Wildman–Crippen MR) is 87.9 cm³/mol. The van der Waals surface area contributed by atoms with E-state index in [2.05, 4.69) is 4.74 Å². The fourth-order valence-electron chi connectivity index (χ4n) is 2.03. The van der Waals surface area contributed by atoms with Crippen molar-refractivity contribution in [3.8, 4) is 5.75 Å². The molecule has 0 radical (unpaired) electrons. The lowest BCUT2D eigenvalue weighted by Crippen LogP contribution is -2.31. The van der Waals surface area contributed by atoms with Crippen molar-refractivity contribution in [3.05, 3.63) is 59.7 Å². The maximum atomic E-state index is 12.2. The Hall–Kier alpha value is -2.82. The van der Waals surface area contributed by atoms with Crippen LogP contribution in [0.2, 0.25) is 0 Å². The maximum absolute atomic E-state index is 12.2. The van der Waals surface area contributed by atoms with Crippen LogP contribution >= 0.6 is 0 Å². The zero-order valence-corrected chi connectivity index (χ0v) is 13.4. The van der Waals surface area contributed by atoms with Crippen LogP contribution in [-0.4, -0.2) is 32.6 Å². The standard InChI is InChI=1S/C18H19NO4/c1-13-9-10-14(18(21)22-3)11-16(13)23-12-17(20)19(2)15-7-5-4-6-8-15/h4-11H,12H2,1-3H3. The molecule has 0 saturated carbocycles. The van der Waals surface area contributed by atoms with E-state index in [-0.39, 0.29) is 12.5 Å². The molecule has 0 bridgehead atoms. The van der Waals surface area contributed by atoms with Crippen molar-refractivity contribution in [2.45, 2.75) is 6.92 Å². The van der Waals surface area contributed by atoms with E-state index in [4.69, 9.17) is 4.74 Å². The Morgan fingerprint density at radius 1 is 1.09 bits per heavy atom. The van der Waals surface area contributed by atoms with Crippen LogP contribution in [0.15, 0.2) is 48.5 Å². The summed E-state index contributed by atoms with van der Waals surface area (Å²) in [5, 5.41) is 0. The summed E-state index contributed by atoms with van der Waals surface area (Å²) >= 11 is 0. The molecule has 0 atom stereocenters. The summed E-state index contributed by atoms with van der Waals surface area (Å²) in [5.74, 6) is -0.135. The number of hydrogen-bond acceptors (Lipinski definition) is 4. The van der Waals surface area contributed by atoms with Crippen molar-refractivity contribution in [1.29, 1.82) is 0 Å². The van der Waals surface area contributed by atoms with Crippen LogP contribution in [0.3, 0.4) is 0 Å². The zero-order chi connectivity index (χ0) is 16.8. The van der Waals surface area contributed by atoms with Crippen LogP contribution in [-0.2, 0) is 9.53 Å². The molecule has 120 valence electrons. The van der Waals surface area contributed by atoms with E-state index in [0.717, 1.165) is 11.3 Å². The summed E-state index contributed by atoms with van der Waals surface area (Å²) in [7, 11) is 3.01. The highest BCUT2D eigenvalue weighted by Gasteiger charge is 2.13. The Labute approximate surface area is 135 Å². The molecule has 0 spiro atoms. The number of anilines is 1. The number of hydrogen-bond donors (Lipinski definition) is 0. The fourth-order valence-corrected chi connectivity index (χ4v) is 2.03. The van der Waals surface area contributed by atoms with Gasteiger partial charge in [0.25, 0.3) is 5.91 Å². The van der Waals surface area contributed by atoms with Crippen LogP contribution in [0.4, 0.5) is 5.69 Å². The molecule has 0 saturated heterocycles. The average molecular weight is 313 g/mol. The molecule has 23 heavy (non-hydrogen) atoms. The number of benzene rings is 2. The van der Waals surface area contributed by atoms with Crippen molar-refractivity contribution in [2.24, 2.45) is 0 Å². The van der Waals surface area contributed by atoms with E-state index in [0.29, 0.717) is 11.3 Å². The Morgan fingerprint density at radius 2 is 1.78 bits per heavy atom. The van der Waals surface area contributed by atoms with Crippen molar-refractivity contribution in [2.75, 3.05) is 25.7 Å². The normalized spacial score (nSPS) is 10.0. The first kappa shape index (κ1) is 16.5. The van der Waals surface area contributed by atoms with Gasteiger partial charge in [-0.2, -0.15) is 0 Å². The quantitative estimate of drug-likeness (QED) is 0.797. The van der Waals surface area contributed by atoms with E-state index in [1.807, 2.05) is 37.3 Å². The van der Waals surface area contributed by atoms with Gasteiger partial charge in [-0.1, -0.05) is 24.3 Å². The molecular weight excluding hydrogens is 294 g/mol. The molecule has 2 aromatic rings. The highest BCUT2D eigenvalue weighted by atomic mass is 16.5. The fraction of sp³-hybridized carbons (Fsp3) is 0.222. The average Bonchev–Trinajstić information content (AvgIpc) is 2.60. The Morgan fingerprint density at radius 3 is 2.43 bits per heavy atom. The van der Waals surface area contributed by atoms with Crippen LogP contribution in [0.1, 0.15) is 15.9 Å². The van der Waals surface area contributed by atoms with Crippen LogP contribution in [0.5, 0.6) is 5.75 Å². The minimum absolute atomic E-state index is 0.114. The summed E-state index contributed by atoms with van der Waals surface area (Å²) in [6.45, 7) is 1.73. The molecule has 0 aromatic heterocycles. The van der Waals surface area contributed by atoms with Gasteiger partial charge in [-0.25, -0.2) is 4.79 Å². The maximum Gasteiger partial charge on any atom is 0.337 e. The van der Waals surface area contributed by atoms with Gasteiger partial charge in [0, 0.05) is 12.7 Å². The number of carbonyl (C=O) groups is 2. The molecule has 0 N–H and O–H groups in total. The van der Waals surface area contributed by atoms with Gasteiger partial charge in [0.2, 0.25) is 0 Å². The molecule has 2 aromatic carbocycles. The first-order valence-corrected chi connectivity index (χ1v) is 7.16. The number of carbonyl (C=O) groups excluding carboxylic acids is 2. The van der Waals surface area contributed by atoms with Gasteiger partial charge < -0.3 is 14.4 Å². The predicted octanol–water partition coefficient (Wildman–Crippen LogP) is 2.82. The molecule has 5 nitrogen and oxygen atoms in total. The number of rotatable bonds is 5. The van der Waals surface area contributed by atoms with Gasteiger partial charge in [-0.15, -0.1) is 0 Å². The topological polar surface area (TPSA) is 55.8 Å². The van der Waals surface area contributed by atoms with E-state index in [1.165, 1.54) is 12.0 Å². The minimum Gasteiger partial charge on any atom is -0.483 e. The van der Waals surface area contributed by atoms with Gasteiger partial charge in [-0.3, -0.25) is 4.79 Å². The van der Waals surface area contributed by atoms with Gasteiger partial charge >= 0.3 is 5.97 Å².